The normalized spacial score (nSPS) is 11.1. The van der Waals surface area contributed by atoms with Crippen LogP contribution >= 0.6 is 22.6 Å². The first-order valence-corrected chi connectivity index (χ1v) is 25.7. The lowest BCUT2D eigenvalue weighted by atomic mass is 10.0. The van der Waals surface area contributed by atoms with E-state index in [9.17, 15) is 24.0 Å². The summed E-state index contributed by atoms with van der Waals surface area (Å²) in [6.07, 6.45) is 15.9. The highest BCUT2D eigenvalue weighted by molar-refractivity contribution is 14.1. The zero-order chi connectivity index (χ0) is 50.6. The summed E-state index contributed by atoms with van der Waals surface area (Å²) in [7, 11) is 3.22. The van der Waals surface area contributed by atoms with Gasteiger partial charge in [0.05, 0.1) is 25.3 Å². The van der Waals surface area contributed by atoms with Crippen LogP contribution in [-0.2, 0) is 27.5 Å². The van der Waals surface area contributed by atoms with Crippen LogP contribution in [0.1, 0.15) is 129 Å². The highest BCUT2D eigenvalue weighted by Gasteiger charge is 2.23. The van der Waals surface area contributed by atoms with Crippen molar-refractivity contribution in [1.82, 2.24) is 18.9 Å². The van der Waals surface area contributed by atoms with Crippen molar-refractivity contribution in [2.45, 2.75) is 105 Å². The third-order valence-electron chi connectivity index (χ3n) is 12.2. The number of carbonyl (C=O) groups excluding carboxylic acids is 4. The lowest BCUT2D eigenvalue weighted by molar-refractivity contribution is -0.137. The van der Waals surface area contributed by atoms with E-state index in [1.54, 1.807) is 32.5 Å². The number of methoxy groups -OCH3 is 2. The number of ketones is 2. The number of carboxylic acids is 1. The van der Waals surface area contributed by atoms with Crippen molar-refractivity contribution in [2.75, 3.05) is 40.4 Å². The van der Waals surface area contributed by atoms with Crippen LogP contribution in [0.5, 0.6) is 11.5 Å². The van der Waals surface area contributed by atoms with Gasteiger partial charge in [-0.1, -0.05) is 89.8 Å². The second kappa shape index (κ2) is 27.8. The third kappa shape index (κ3) is 15.1. The minimum atomic E-state index is -0.830. The molecule has 0 saturated carbocycles. The number of hydrogen-bond donors (Lipinski definition) is 1. The molecule has 0 fully saturated rings. The van der Waals surface area contributed by atoms with Crippen LogP contribution in [0.25, 0.3) is 27.9 Å². The Labute approximate surface area is 426 Å². The Morgan fingerprint density at radius 3 is 1.36 bits per heavy atom. The summed E-state index contributed by atoms with van der Waals surface area (Å²) in [6, 6.07) is 26.0. The Balaban J connectivity index is 0.000000265. The number of allylic oxidation sites excluding steroid dienone is 1. The molecule has 0 atom stereocenters. The minimum absolute atomic E-state index is 0.0448. The summed E-state index contributed by atoms with van der Waals surface area (Å²) in [5, 5.41) is 10.4. The smallest absolute Gasteiger partial charge is 0.303 e. The molecule has 2 amide bonds. The van der Waals surface area contributed by atoms with Gasteiger partial charge in [-0.3, -0.25) is 24.0 Å². The topological polar surface area (TPSA) is 140 Å². The van der Waals surface area contributed by atoms with E-state index in [1.807, 2.05) is 110 Å². The maximum Gasteiger partial charge on any atom is 0.303 e. The van der Waals surface area contributed by atoms with E-state index in [1.165, 1.54) is 0 Å². The molecule has 0 spiro atoms. The van der Waals surface area contributed by atoms with Crippen molar-refractivity contribution in [3.8, 4) is 11.5 Å². The SMILES string of the molecule is CCCCN(CCCC)C(=O)Cn1cc(C(=O)c2ccc(/C=C/CCC(=O)O)cc2)c2ccc(OC)cc21.CCCCN(CCCC)C(=O)Cn1cc(C(=O)c2ccc(I)cc2)c2ccc(OC)cc21. The number of ether oxygens (including phenoxy) is 2. The number of rotatable bonds is 26. The summed E-state index contributed by atoms with van der Waals surface area (Å²) in [4.78, 5) is 67.9. The second-order valence-electron chi connectivity index (χ2n) is 17.4. The molecule has 0 aliphatic heterocycles. The first kappa shape index (κ1) is 54.7. The van der Waals surface area contributed by atoms with E-state index < -0.39 is 5.97 Å². The molecular weight excluding hydrogens is 996 g/mol. The maximum absolute atomic E-state index is 13.6. The Bertz CT molecular complexity index is 2700. The lowest BCUT2D eigenvalue weighted by Crippen LogP contribution is -2.35. The van der Waals surface area contributed by atoms with E-state index in [4.69, 9.17) is 14.6 Å². The van der Waals surface area contributed by atoms with Crippen LogP contribution in [0.2, 0.25) is 0 Å². The molecule has 6 aromatic rings. The van der Waals surface area contributed by atoms with Gasteiger partial charge in [-0.25, -0.2) is 0 Å². The molecule has 0 radical (unpaired) electrons. The van der Waals surface area contributed by atoms with Crippen molar-refractivity contribution in [1.29, 1.82) is 0 Å². The number of unbranched alkanes of at least 4 members (excludes halogenated alkanes) is 4. The Hall–Kier alpha value is -6.22. The zero-order valence-corrected chi connectivity index (χ0v) is 43.8. The van der Waals surface area contributed by atoms with Gasteiger partial charge in [0.1, 0.15) is 24.6 Å². The molecule has 2 heterocycles. The average molecular weight is 1070 g/mol. The average Bonchev–Trinajstić information content (AvgIpc) is 3.92. The molecule has 6 rings (SSSR count). The molecule has 4 aromatic carbocycles. The van der Waals surface area contributed by atoms with Gasteiger partial charge in [0.25, 0.3) is 0 Å². The number of fused-ring (bicyclic) bond motifs is 2. The standard InChI is InChI=1S/C31H38N2O5.C26H31IN2O3/c1-4-6-18-32(19-7-5-2)29(34)22-33-21-27(26-17-16-25(38-3)20-28(26)33)31(37)24-14-12-23(13-15-24)10-8-9-11-30(35)36;1-4-6-14-28(15-7-5-2)25(30)18-29-17-23(22-13-12-21(32-3)16-24(22)29)26(31)19-8-10-20(27)11-9-19/h8,10,12-17,20-21H,4-7,9,11,18-19,22H2,1-3H3,(H,35,36);8-13,16-17H,4-7,14-15,18H2,1-3H3/b10-8+;. The van der Waals surface area contributed by atoms with Gasteiger partial charge in [0.2, 0.25) is 11.8 Å². The predicted molar refractivity (Wildman–Crippen MR) is 288 cm³/mol. The van der Waals surface area contributed by atoms with Gasteiger partial charge in [-0.15, -0.1) is 0 Å². The number of hydrogen-bond acceptors (Lipinski definition) is 7. The number of amides is 2. The van der Waals surface area contributed by atoms with Gasteiger partial charge < -0.3 is 33.5 Å². The first-order chi connectivity index (χ1) is 33.8. The van der Waals surface area contributed by atoms with E-state index in [0.717, 1.165) is 108 Å². The number of halogens is 1. The third-order valence-corrected chi connectivity index (χ3v) is 12.9. The van der Waals surface area contributed by atoms with Gasteiger partial charge in [-0.2, -0.15) is 0 Å². The number of aliphatic carboxylic acids is 1. The van der Waals surface area contributed by atoms with Crippen LogP contribution in [0.15, 0.2) is 103 Å². The van der Waals surface area contributed by atoms with Crippen molar-refractivity contribution in [2.24, 2.45) is 0 Å². The molecular formula is C57H69IN4O8. The molecule has 0 aliphatic rings. The van der Waals surface area contributed by atoms with Crippen LogP contribution < -0.4 is 9.47 Å². The molecule has 2 aromatic heterocycles. The summed E-state index contributed by atoms with van der Waals surface area (Å²) >= 11 is 2.23. The Kier molecular flexibility index (Phi) is 21.8. The predicted octanol–water partition coefficient (Wildman–Crippen LogP) is 12.1. The fourth-order valence-corrected chi connectivity index (χ4v) is 8.47. The maximum atomic E-state index is 13.6. The van der Waals surface area contributed by atoms with Crippen LogP contribution in [0.4, 0.5) is 0 Å². The van der Waals surface area contributed by atoms with Gasteiger partial charge in [0.15, 0.2) is 11.6 Å². The van der Waals surface area contributed by atoms with Gasteiger partial charge in [0, 0.05) is 93.7 Å². The molecule has 0 aliphatic carbocycles. The van der Waals surface area contributed by atoms with Crippen LogP contribution in [0, 0.1) is 3.57 Å². The van der Waals surface area contributed by atoms with Gasteiger partial charge in [-0.05, 0) is 109 Å². The van der Waals surface area contributed by atoms with Crippen molar-refractivity contribution in [3.63, 3.8) is 0 Å². The number of benzene rings is 4. The second-order valence-corrected chi connectivity index (χ2v) is 18.7. The molecule has 1 N–H and O–H groups in total. The molecule has 0 unspecified atom stereocenters. The van der Waals surface area contributed by atoms with E-state index in [0.29, 0.717) is 40.2 Å². The summed E-state index contributed by atoms with van der Waals surface area (Å²) < 4.78 is 15.7. The van der Waals surface area contributed by atoms with E-state index in [-0.39, 0.29) is 42.9 Å². The highest BCUT2D eigenvalue weighted by atomic mass is 127. The molecule has 70 heavy (non-hydrogen) atoms. The quantitative estimate of drug-likeness (QED) is 0.0418. The Morgan fingerprint density at radius 2 is 0.986 bits per heavy atom. The lowest BCUT2D eigenvalue weighted by Gasteiger charge is -2.23. The Morgan fingerprint density at radius 1 is 0.586 bits per heavy atom. The molecule has 13 heteroatoms. The number of carbonyl (C=O) groups is 5. The fraction of sp³-hybridized carbons (Fsp3) is 0.386. The van der Waals surface area contributed by atoms with Crippen LogP contribution in [0.3, 0.4) is 0 Å². The number of aromatic nitrogens is 2. The summed E-state index contributed by atoms with van der Waals surface area (Å²) in [5.41, 5.74) is 4.83. The molecule has 372 valence electrons. The van der Waals surface area contributed by atoms with Crippen LogP contribution in [-0.4, -0.2) is 93.8 Å². The minimum Gasteiger partial charge on any atom is -0.497 e. The van der Waals surface area contributed by atoms with E-state index >= 15 is 0 Å². The van der Waals surface area contributed by atoms with Crippen molar-refractivity contribution >= 4 is 79.8 Å². The molecule has 0 bridgehead atoms. The summed E-state index contributed by atoms with van der Waals surface area (Å²) in [5.74, 6) is 0.494. The monoisotopic (exact) mass is 1060 g/mol. The zero-order valence-electron chi connectivity index (χ0n) is 41.7. The van der Waals surface area contributed by atoms with E-state index in [2.05, 4.69) is 50.3 Å². The molecule has 12 nitrogen and oxygen atoms in total. The number of nitrogens with zero attached hydrogens (tertiary/aromatic N) is 4. The first-order valence-electron chi connectivity index (χ1n) is 24.6. The highest BCUT2D eigenvalue weighted by Crippen LogP contribution is 2.30. The summed E-state index contributed by atoms with van der Waals surface area (Å²) in [6.45, 7) is 11.9. The fourth-order valence-electron chi connectivity index (χ4n) is 8.11. The largest absolute Gasteiger partial charge is 0.497 e. The van der Waals surface area contributed by atoms with Gasteiger partial charge >= 0.3 is 5.97 Å². The van der Waals surface area contributed by atoms with Crippen molar-refractivity contribution < 1.29 is 38.6 Å². The molecule has 0 saturated heterocycles. The van der Waals surface area contributed by atoms with Crippen molar-refractivity contribution in [3.05, 3.63) is 135 Å². The number of carboxylic acid groups (broad SMARTS) is 1.